The number of hydrogen-bond donors (Lipinski definition) is 1. The molecule has 4 aromatic rings. The highest BCUT2D eigenvalue weighted by Crippen LogP contribution is 2.21. The maximum atomic E-state index is 12.6. The summed E-state index contributed by atoms with van der Waals surface area (Å²) in [5, 5.41) is 1.09. The Kier molecular flexibility index (Phi) is 5.56. The van der Waals surface area contributed by atoms with E-state index in [0.717, 1.165) is 5.56 Å². The van der Waals surface area contributed by atoms with Gasteiger partial charge in [0.2, 0.25) is 10.0 Å². The minimum absolute atomic E-state index is 0.00573. The molecule has 0 radical (unpaired) electrons. The van der Waals surface area contributed by atoms with Gasteiger partial charge in [-0.2, -0.15) is 0 Å². The van der Waals surface area contributed by atoms with Crippen LogP contribution in [0.25, 0.3) is 11.2 Å². The molecule has 2 aromatic carbocycles. The third-order valence-corrected chi connectivity index (χ3v) is 6.45. The summed E-state index contributed by atoms with van der Waals surface area (Å²) in [6, 6.07) is 17.1. The summed E-state index contributed by atoms with van der Waals surface area (Å²) in [6.45, 7) is 0.428. The van der Waals surface area contributed by atoms with Crippen molar-refractivity contribution in [1.29, 1.82) is 0 Å². The predicted octanol–water partition coefficient (Wildman–Crippen LogP) is 4.26. The van der Waals surface area contributed by atoms with Crippen molar-refractivity contribution in [3.63, 3.8) is 0 Å². The first-order valence-electron chi connectivity index (χ1n) is 8.73. The van der Waals surface area contributed by atoms with E-state index in [9.17, 15) is 8.42 Å². The number of rotatable bonds is 6. The van der Waals surface area contributed by atoms with Crippen molar-refractivity contribution in [1.82, 2.24) is 19.3 Å². The van der Waals surface area contributed by atoms with E-state index in [4.69, 9.17) is 23.2 Å². The SMILES string of the molecule is O=S(=O)(NCc1nc2cccnc2n1Cc1ccccc1Cl)c1ccc(Cl)cc1. The lowest BCUT2D eigenvalue weighted by molar-refractivity contribution is 0.576. The number of benzene rings is 2. The first-order chi connectivity index (χ1) is 13.9. The second-order valence-electron chi connectivity index (χ2n) is 6.33. The summed E-state index contributed by atoms with van der Waals surface area (Å²) in [6.07, 6.45) is 1.68. The van der Waals surface area contributed by atoms with Crippen molar-refractivity contribution < 1.29 is 8.42 Å². The van der Waals surface area contributed by atoms with Crippen LogP contribution in [0.5, 0.6) is 0 Å². The highest BCUT2D eigenvalue weighted by Gasteiger charge is 2.18. The molecule has 0 amide bonds. The topological polar surface area (TPSA) is 76.9 Å². The van der Waals surface area contributed by atoms with Crippen molar-refractivity contribution >= 4 is 44.4 Å². The van der Waals surface area contributed by atoms with Crippen LogP contribution >= 0.6 is 23.2 Å². The number of nitrogens with one attached hydrogen (secondary N) is 1. The summed E-state index contributed by atoms with van der Waals surface area (Å²) in [5.74, 6) is 0.538. The quantitative estimate of drug-likeness (QED) is 0.479. The van der Waals surface area contributed by atoms with Crippen molar-refractivity contribution in [2.45, 2.75) is 18.0 Å². The summed E-state index contributed by atoms with van der Waals surface area (Å²) in [7, 11) is -3.72. The number of halogens is 2. The largest absolute Gasteiger partial charge is 0.307 e. The van der Waals surface area contributed by atoms with Crippen LogP contribution in [0.3, 0.4) is 0 Å². The molecule has 29 heavy (non-hydrogen) atoms. The molecule has 0 aliphatic heterocycles. The second kappa shape index (κ2) is 8.12. The third kappa shape index (κ3) is 4.28. The lowest BCUT2D eigenvalue weighted by Crippen LogP contribution is -2.25. The molecule has 0 fully saturated rings. The molecular formula is C20H16Cl2N4O2S. The average molecular weight is 447 g/mol. The fourth-order valence-electron chi connectivity index (χ4n) is 2.96. The number of nitrogens with zero attached hydrogens (tertiary/aromatic N) is 3. The van der Waals surface area contributed by atoms with E-state index in [1.807, 2.05) is 34.9 Å². The van der Waals surface area contributed by atoms with Crippen LogP contribution < -0.4 is 4.72 Å². The van der Waals surface area contributed by atoms with Crippen LogP contribution in [0, 0.1) is 0 Å². The molecule has 1 N–H and O–H groups in total. The maximum Gasteiger partial charge on any atom is 0.240 e. The summed E-state index contributed by atoms with van der Waals surface area (Å²) in [5.41, 5.74) is 2.23. The number of pyridine rings is 1. The van der Waals surface area contributed by atoms with Gasteiger partial charge >= 0.3 is 0 Å². The Labute approximate surface area is 178 Å². The average Bonchev–Trinajstić information content (AvgIpc) is 3.06. The molecule has 6 nitrogen and oxygen atoms in total. The first-order valence-corrected chi connectivity index (χ1v) is 11.0. The second-order valence-corrected chi connectivity index (χ2v) is 8.94. The lowest BCUT2D eigenvalue weighted by atomic mass is 10.2. The molecule has 0 unspecified atom stereocenters. The fourth-order valence-corrected chi connectivity index (χ4v) is 4.26. The van der Waals surface area contributed by atoms with Crippen LogP contribution in [-0.2, 0) is 23.1 Å². The van der Waals surface area contributed by atoms with Crippen LogP contribution in [0.1, 0.15) is 11.4 Å². The van der Waals surface area contributed by atoms with E-state index in [0.29, 0.717) is 33.6 Å². The van der Waals surface area contributed by atoms with E-state index >= 15 is 0 Å². The Morgan fingerprint density at radius 1 is 0.966 bits per heavy atom. The zero-order valence-corrected chi connectivity index (χ0v) is 17.4. The predicted molar refractivity (Wildman–Crippen MR) is 114 cm³/mol. The fraction of sp³-hybridized carbons (Fsp3) is 0.100. The van der Waals surface area contributed by atoms with Crippen LogP contribution in [-0.4, -0.2) is 23.0 Å². The van der Waals surface area contributed by atoms with Crippen LogP contribution in [0.4, 0.5) is 0 Å². The molecule has 4 rings (SSSR count). The summed E-state index contributed by atoms with van der Waals surface area (Å²) in [4.78, 5) is 9.10. The highest BCUT2D eigenvalue weighted by molar-refractivity contribution is 7.89. The zero-order chi connectivity index (χ0) is 20.4. The minimum Gasteiger partial charge on any atom is -0.307 e. The maximum absolute atomic E-state index is 12.6. The summed E-state index contributed by atoms with van der Waals surface area (Å²) < 4.78 is 29.7. The molecule has 2 heterocycles. The Morgan fingerprint density at radius 3 is 2.48 bits per heavy atom. The molecular weight excluding hydrogens is 431 g/mol. The van der Waals surface area contributed by atoms with E-state index in [2.05, 4.69) is 14.7 Å². The Hall–Kier alpha value is -2.45. The molecule has 148 valence electrons. The number of aromatic nitrogens is 3. The van der Waals surface area contributed by atoms with Gasteiger partial charge in [0.1, 0.15) is 11.3 Å². The van der Waals surface area contributed by atoms with E-state index in [-0.39, 0.29) is 11.4 Å². The van der Waals surface area contributed by atoms with Gasteiger partial charge in [-0.05, 0) is 48.0 Å². The van der Waals surface area contributed by atoms with Gasteiger partial charge in [-0.15, -0.1) is 0 Å². The van der Waals surface area contributed by atoms with Crippen molar-refractivity contribution in [2.75, 3.05) is 0 Å². The molecule has 0 atom stereocenters. The minimum atomic E-state index is -3.72. The van der Waals surface area contributed by atoms with Gasteiger partial charge in [-0.3, -0.25) is 0 Å². The zero-order valence-electron chi connectivity index (χ0n) is 15.1. The van der Waals surface area contributed by atoms with Crippen LogP contribution in [0.2, 0.25) is 10.0 Å². The molecule has 2 aromatic heterocycles. The first kappa shape index (κ1) is 19.8. The van der Waals surface area contributed by atoms with Gasteiger partial charge in [0.25, 0.3) is 0 Å². The van der Waals surface area contributed by atoms with Crippen molar-refractivity contribution in [3.8, 4) is 0 Å². The number of hydrogen-bond acceptors (Lipinski definition) is 4. The van der Waals surface area contributed by atoms with E-state index in [1.54, 1.807) is 12.3 Å². The summed E-state index contributed by atoms with van der Waals surface area (Å²) >= 11 is 12.2. The highest BCUT2D eigenvalue weighted by atomic mass is 35.5. The van der Waals surface area contributed by atoms with Gasteiger partial charge < -0.3 is 4.57 Å². The van der Waals surface area contributed by atoms with Gasteiger partial charge in [-0.1, -0.05) is 41.4 Å². The number of fused-ring (bicyclic) bond motifs is 1. The Morgan fingerprint density at radius 2 is 1.72 bits per heavy atom. The van der Waals surface area contributed by atoms with Crippen molar-refractivity contribution in [2.24, 2.45) is 0 Å². The molecule has 0 saturated carbocycles. The van der Waals surface area contributed by atoms with E-state index < -0.39 is 10.0 Å². The van der Waals surface area contributed by atoms with Crippen LogP contribution in [0.15, 0.2) is 71.8 Å². The monoisotopic (exact) mass is 446 g/mol. The lowest BCUT2D eigenvalue weighted by Gasteiger charge is -2.11. The van der Waals surface area contributed by atoms with Gasteiger partial charge in [0.05, 0.1) is 18.0 Å². The standard InChI is InChI=1S/C20H16Cl2N4O2S/c21-15-7-9-16(10-8-15)29(27,28)24-12-19-25-18-6-3-11-23-20(18)26(19)13-14-4-1-2-5-17(14)22/h1-11,24H,12-13H2. The molecule has 9 heteroatoms. The van der Waals surface area contributed by atoms with Gasteiger partial charge in [0.15, 0.2) is 5.65 Å². The number of sulfonamides is 1. The van der Waals surface area contributed by atoms with E-state index in [1.165, 1.54) is 24.3 Å². The van der Waals surface area contributed by atoms with Crippen molar-refractivity contribution in [3.05, 3.63) is 88.3 Å². The smallest absolute Gasteiger partial charge is 0.240 e. The Bertz CT molecular complexity index is 1270. The number of imidazole rings is 1. The molecule has 0 aliphatic rings. The third-order valence-electron chi connectivity index (χ3n) is 4.41. The van der Waals surface area contributed by atoms with Gasteiger partial charge in [0, 0.05) is 16.2 Å². The normalized spacial score (nSPS) is 11.8. The molecule has 0 saturated heterocycles. The van der Waals surface area contributed by atoms with Gasteiger partial charge in [-0.25, -0.2) is 23.1 Å². The molecule has 0 spiro atoms. The molecule has 0 aliphatic carbocycles. The molecule has 0 bridgehead atoms. The Balaban J connectivity index is 1.67.